The summed E-state index contributed by atoms with van der Waals surface area (Å²) in [5, 5.41) is 12.9. The molecule has 220 valence electrons. The number of carbonyl (C=O) groups is 3. The first-order valence-electron chi connectivity index (χ1n) is 13.8. The number of ether oxygens (including phenoxy) is 2. The molecular formula is C28H38BN5O7. The minimum Gasteiger partial charge on any atom is -0.458 e. The Labute approximate surface area is 240 Å². The van der Waals surface area contributed by atoms with Crippen molar-refractivity contribution in [2.75, 3.05) is 31.1 Å². The molecule has 13 heteroatoms. The van der Waals surface area contributed by atoms with Crippen LogP contribution in [0.1, 0.15) is 61.8 Å². The summed E-state index contributed by atoms with van der Waals surface area (Å²) in [5.74, 6) is -0.649. The molecule has 41 heavy (non-hydrogen) atoms. The third-order valence-corrected chi connectivity index (χ3v) is 6.99. The summed E-state index contributed by atoms with van der Waals surface area (Å²) in [4.78, 5) is 51.0. The van der Waals surface area contributed by atoms with Gasteiger partial charge in [0.2, 0.25) is 0 Å². The fourth-order valence-electron chi connectivity index (χ4n) is 4.77. The number of anilines is 1. The molecule has 0 aliphatic carbocycles. The predicted octanol–water partition coefficient (Wildman–Crippen LogP) is 1.56. The van der Waals surface area contributed by atoms with Crippen molar-refractivity contribution in [2.45, 2.75) is 66.4 Å². The Morgan fingerprint density at radius 3 is 2.51 bits per heavy atom. The summed E-state index contributed by atoms with van der Waals surface area (Å²) >= 11 is 0. The summed E-state index contributed by atoms with van der Waals surface area (Å²) in [6, 6.07) is 2.52. The zero-order valence-corrected chi connectivity index (χ0v) is 24.5. The van der Waals surface area contributed by atoms with Crippen molar-refractivity contribution < 1.29 is 33.5 Å². The van der Waals surface area contributed by atoms with Gasteiger partial charge in [-0.2, -0.15) is 0 Å². The minimum absolute atomic E-state index is 0.113. The molecular weight excluding hydrogens is 529 g/mol. The van der Waals surface area contributed by atoms with Gasteiger partial charge < -0.3 is 34.3 Å². The number of benzene rings is 1. The molecule has 1 aromatic carbocycles. The van der Waals surface area contributed by atoms with Crippen molar-refractivity contribution >= 4 is 36.4 Å². The molecule has 0 spiro atoms. The van der Waals surface area contributed by atoms with Crippen molar-refractivity contribution in [3.05, 3.63) is 46.9 Å². The maximum Gasteiger partial charge on any atom is 0.492 e. The van der Waals surface area contributed by atoms with Gasteiger partial charge >= 0.3 is 19.2 Å². The Bertz CT molecular complexity index is 1290. The first-order chi connectivity index (χ1) is 19.3. The Hall–Kier alpha value is -3.71. The van der Waals surface area contributed by atoms with Crippen LogP contribution in [-0.2, 0) is 32.1 Å². The van der Waals surface area contributed by atoms with E-state index < -0.39 is 30.6 Å². The highest BCUT2D eigenvalue weighted by atomic mass is 16.6. The van der Waals surface area contributed by atoms with Gasteiger partial charge in [-0.15, -0.1) is 0 Å². The molecule has 1 saturated heterocycles. The molecule has 2 amide bonds. The van der Waals surface area contributed by atoms with E-state index in [0.29, 0.717) is 54.3 Å². The number of carbonyl (C=O) groups excluding carboxylic acids is 3. The number of piperazine rings is 1. The molecule has 2 aliphatic rings. The van der Waals surface area contributed by atoms with Crippen molar-refractivity contribution in [1.29, 1.82) is 0 Å². The number of hydrogen-bond acceptors (Lipinski definition) is 10. The Morgan fingerprint density at radius 2 is 1.85 bits per heavy atom. The molecule has 1 atom stereocenters. The normalized spacial score (nSPS) is 16.0. The van der Waals surface area contributed by atoms with E-state index in [1.165, 1.54) is 6.20 Å². The van der Waals surface area contributed by atoms with Gasteiger partial charge in [-0.05, 0) is 56.3 Å². The molecule has 4 rings (SSSR count). The Morgan fingerprint density at radius 1 is 1.15 bits per heavy atom. The largest absolute Gasteiger partial charge is 0.492 e. The van der Waals surface area contributed by atoms with Crippen LogP contribution in [0.15, 0.2) is 24.5 Å². The van der Waals surface area contributed by atoms with E-state index >= 15 is 0 Å². The van der Waals surface area contributed by atoms with E-state index in [0.717, 1.165) is 5.56 Å². The second kappa shape index (κ2) is 12.4. The molecule has 1 fully saturated rings. The topological polar surface area (TPSA) is 143 Å². The molecule has 2 N–H and O–H groups in total. The second-order valence-corrected chi connectivity index (χ2v) is 11.6. The summed E-state index contributed by atoms with van der Waals surface area (Å²) in [6.45, 7) is 13.2. The van der Waals surface area contributed by atoms with Gasteiger partial charge in [0.1, 0.15) is 24.1 Å². The molecule has 0 unspecified atom stereocenters. The van der Waals surface area contributed by atoms with Gasteiger partial charge in [0.05, 0.1) is 24.7 Å². The van der Waals surface area contributed by atoms with Crippen LogP contribution in [0.25, 0.3) is 0 Å². The van der Waals surface area contributed by atoms with Crippen LogP contribution in [0.4, 0.5) is 10.6 Å². The maximum atomic E-state index is 13.1. The monoisotopic (exact) mass is 567 g/mol. The SMILES string of the molecule is Cc1c(C(=O)N[C@H](C(=O)OCc2cncc(N3CCN(C(=O)OC(C)(C)C)CC3)n2)C(C)C)ccc2c1B(O)OC2. The van der Waals surface area contributed by atoms with E-state index in [9.17, 15) is 19.4 Å². The average Bonchev–Trinajstić information content (AvgIpc) is 3.31. The number of aromatic nitrogens is 2. The fraction of sp³-hybridized carbons (Fsp3) is 0.536. The lowest BCUT2D eigenvalue weighted by Crippen LogP contribution is -2.50. The number of hydrogen-bond donors (Lipinski definition) is 2. The Balaban J connectivity index is 1.34. The van der Waals surface area contributed by atoms with E-state index in [1.54, 1.807) is 30.2 Å². The molecule has 0 bridgehead atoms. The van der Waals surface area contributed by atoms with E-state index in [2.05, 4.69) is 15.3 Å². The van der Waals surface area contributed by atoms with Gasteiger partial charge in [-0.1, -0.05) is 19.9 Å². The summed E-state index contributed by atoms with van der Waals surface area (Å²) < 4.78 is 16.3. The van der Waals surface area contributed by atoms with Crippen LogP contribution in [0.3, 0.4) is 0 Å². The number of amides is 2. The Kier molecular flexibility index (Phi) is 9.18. The number of rotatable bonds is 7. The number of nitrogens with one attached hydrogen (secondary N) is 1. The minimum atomic E-state index is -1.07. The quantitative estimate of drug-likeness (QED) is 0.374. The molecule has 0 saturated carbocycles. The number of esters is 1. The van der Waals surface area contributed by atoms with Crippen LogP contribution in [0, 0.1) is 12.8 Å². The summed E-state index contributed by atoms with van der Waals surface area (Å²) in [5.41, 5.74) is 2.30. The zero-order chi connectivity index (χ0) is 29.9. The van der Waals surface area contributed by atoms with Crippen molar-refractivity contribution in [1.82, 2.24) is 20.2 Å². The first-order valence-corrected chi connectivity index (χ1v) is 13.8. The molecule has 1 aromatic heterocycles. The predicted molar refractivity (Wildman–Crippen MR) is 152 cm³/mol. The van der Waals surface area contributed by atoms with E-state index in [-0.39, 0.29) is 25.2 Å². The highest BCUT2D eigenvalue weighted by Gasteiger charge is 2.33. The van der Waals surface area contributed by atoms with E-state index in [1.807, 2.05) is 39.5 Å². The van der Waals surface area contributed by atoms with Gasteiger partial charge in [-0.3, -0.25) is 9.78 Å². The van der Waals surface area contributed by atoms with E-state index in [4.69, 9.17) is 14.1 Å². The smallest absolute Gasteiger partial charge is 0.458 e. The van der Waals surface area contributed by atoms with Gasteiger partial charge in [0, 0.05) is 31.7 Å². The average molecular weight is 567 g/mol. The van der Waals surface area contributed by atoms with Crippen LogP contribution in [0.2, 0.25) is 0 Å². The fourth-order valence-corrected chi connectivity index (χ4v) is 4.77. The third-order valence-electron chi connectivity index (χ3n) is 6.99. The van der Waals surface area contributed by atoms with Gasteiger partial charge in [0.25, 0.3) is 5.91 Å². The maximum absolute atomic E-state index is 13.1. The van der Waals surface area contributed by atoms with Crippen molar-refractivity contribution in [2.24, 2.45) is 5.92 Å². The molecule has 2 aliphatic heterocycles. The molecule has 12 nitrogen and oxygen atoms in total. The summed E-state index contributed by atoms with van der Waals surface area (Å²) in [6.07, 6.45) is 2.82. The highest BCUT2D eigenvalue weighted by Crippen LogP contribution is 2.19. The van der Waals surface area contributed by atoms with Gasteiger partial charge in [-0.25, -0.2) is 14.6 Å². The molecule has 3 heterocycles. The standard InChI is InChI=1S/C28H38BN5O7/c1-17(2)24(32-25(35)21-8-7-19-15-40-29(38)23(19)18(21)3)26(36)39-16-20-13-30-14-22(31-20)33-9-11-34(12-10-33)27(37)41-28(4,5)6/h7-8,13-14,17,24,38H,9-12,15-16H2,1-6H3,(H,32,35)/t24-/m0/s1. The zero-order valence-electron chi connectivity index (χ0n) is 24.5. The lowest BCUT2D eigenvalue weighted by Gasteiger charge is -2.36. The third kappa shape index (κ3) is 7.33. The van der Waals surface area contributed by atoms with Crippen LogP contribution < -0.4 is 15.7 Å². The van der Waals surface area contributed by atoms with Crippen molar-refractivity contribution in [3.63, 3.8) is 0 Å². The van der Waals surface area contributed by atoms with Crippen molar-refractivity contribution in [3.8, 4) is 0 Å². The number of fused-ring (bicyclic) bond motifs is 1. The lowest BCUT2D eigenvalue weighted by atomic mass is 9.75. The summed E-state index contributed by atoms with van der Waals surface area (Å²) in [7, 11) is -1.07. The number of nitrogens with zero attached hydrogens (tertiary/aromatic N) is 4. The molecule has 2 aromatic rings. The van der Waals surface area contributed by atoms with Gasteiger partial charge in [0.15, 0.2) is 0 Å². The van der Waals surface area contributed by atoms with Crippen LogP contribution >= 0.6 is 0 Å². The highest BCUT2D eigenvalue weighted by molar-refractivity contribution is 6.62. The lowest BCUT2D eigenvalue weighted by molar-refractivity contribution is -0.148. The van der Waals surface area contributed by atoms with Crippen LogP contribution in [-0.4, -0.2) is 82.8 Å². The first kappa shape index (κ1) is 30.3. The second-order valence-electron chi connectivity index (χ2n) is 11.6. The molecule has 0 radical (unpaired) electrons. The van der Waals surface area contributed by atoms with Crippen LogP contribution in [0.5, 0.6) is 0 Å².